The minimum Gasteiger partial charge on any atom is -0.325 e. The Kier molecular flexibility index (Phi) is 4.98. The van der Waals surface area contributed by atoms with Crippen LogP contribution in [0.25, 0.3) is 0 Å². The molecular weight excluding hydrogens is 288 g/mol. The number of benzene rings is 1. The Hall–Kier alpha value is -1.85. The molecule has 0 atom stereocenters. The normalized spacial score (nSPS) is 10.7. The molecule has 5 nitrogen and oxygen atoms in total. The minimum absolute atomic E-state index is 0.100. The molecule has 0 saturated heterocycles. The van der Waals surface area contributed by atoms with Gasteiger partial charge in [0.15, 0.2) is 0 Å². The van der Waals surface area contributed by atoms with Gasteiger partial charge in [0, 0.05) is 35.6 Å². The van der Waals surface area contributed by atoms with Crippen LogP contribution in [0.1, 0.15) is 17.0 Å². The summed E-state index contributed by atoms with van der Waals surface area (Å²) in [5.41, 5.74) is 3.92. The number of anilines is 1. The summed E-state index contributed by atoms with van der Waals surface area (Å²) in [6.45, 7) is 4.84. The standard InChI is InChI=1S/C15H19ClN4O/c1-10-14(11(2)20(3)19-10)8-17-9-15(21)18-13-6-4-5-12(16)7-13/h4-7,17H,8-9H2,1-3H3,(H,18,21). The van der Waals surface area contributed by atoms with Crippen LogP contribution < -0.4 is 10.6 Å². The van der Waals surface area contributed by atoms with E-state index >= 15 is 0 Å². The molecule has 0 saturated carbocycles. The van der Waals surface area contributed by atoms with E-state index < -0.39 is 0 Å². The van der Waals surface area contributed by atoms with Gasteiger partial charge in [0.2, 0.25) is 5.91 Å². The summed E-state index contributed by atoms with van der Waals surface area (Å²) in [6.07, 6.45) is 0. The van der Waals surface area contributed by atoms with Gasteiger partial charge < -0.3 is 10.6 Å². The van der Waals surface area contributed by atoms with Gasteiger partial charge in [0.05, 0.1) is 12.2 Å². The molecule has 0 fully saturated rings. The molecule has 1 aromatic carbocycles. The lowest BCUT2D eigenvalue weighted by molar-refractivity contribution is -0.115. The third-order valence-corrected chi connectivity index (χ3v) is 3.59. The van der Waals surface area contributed by atoms with Gasteiger partial charge in [-0.3, -0.25) is 9.48 Å². The van der Waals surface area contributed by atoms with Gasteiger partial charge in [-0.05, 0) is 32.0 Å². The zero-order valence-electron chi connectivity index (χ0n) is 12.4. The molecule has 2 N–H and O–H groups in total. The van der Waals surface area contributed by atoms with E-state index in [1.165, 1.54) is 0 Å². The molecule has 2 aromatic rings. The van der Waals surface area contributed by atoms with Crippen molar-refractivity contribution < 1.29 is 4.79 Å². The van der Waals surface area contributed by atoms with Crippen molar-refractivity contribution in [3.8, 4) is 0 Å². The molecule has 0 radical (unpaired) electrons. The van der Waals surface area contributed by atoms with E-state index in [-0.39, 0.29) is 12.5 Å². The summed E-state index contributed by atoms with van der Waals surface area (Å²) in [5.74, 6) is -0.100. The molecule has 1 aromatic heterocycles. The fourth-order valence-electron chi connectivity index (χ4n) is 2.15. The number of aromatic nitrogens is 2. The smallest absolute Gasteiger partial charge is 0.238 e. The Labute approximate surface area is 129 Å². The fraction of sp³-hybridized carbons (Fsp3) is 0.333. The number of aryl methyl sites for hydroxylation is 2. The van der Waals surface area contributed by atoms with Gasteiger partial charge >= 0.3 is 0 Å². The van der Waals surface area contributed by atoms with E-state index in [0.29, 0.717) is 17.3 Å². The molecule has 2 rings (SSSR count). The first-order valence-electron chi connectivity index (χ1n) is 6.72. The van der Waals surface area contributed by atoms with Crippen molar-refractivity contribution in [1.29, 1.82) is 0 Å². The van der Waals surface area contributed by atoms with Crippen molar-refractivity contribution in [1.82, 2.24) is 15.1 Å². The van der Waals surface area contributed by atoms with Crippen LogP contribution in [0.3, 0.4) is 0 Å². The van der Waals surface area contributed by atoms with Gasteiger partial charge in [-0.25, -0.2) is 0 Å². The van der Waals surface area contributed by atoms with Crippen LogP contribution in [0.4, 0.5) is 5.69 Å². The molecule has 21 heavy (non-hydrogen) atoms. The molecule has 0 bridgehead atoms. The summed E-state index contributed by atoms with van der Waals surface area (Å²) in [5, 5.41) is 10.9. The van der Waals surface area contributed by atoms with Crippen molar-refractivity contribution in [2.75, 3.05) is 11.9 Å². The molecule has 6 heteroatoms. The van der Waals surface area contributed by atoms with Gasteiger partial charge in [-0.15, -0.1) is 0 Å². The summed E-state index contributed by atoms with van der Waals surface area (Å²) in [6, 6.07) is 7.09. The van der Waals surface area contributed by atoms with E-state index in [9.17, 15) is 4.79 Å². The van der Waals surface area contributed by atoms with Crippen molar-refractivity contribution >= 4 is 23.2 Å². The lowest BCUT2D eigenvalue weighted by atomic mass is 10.2. The highest BCUT2D eigenvalue weighted by Gasteiger charge is 2.09. The van der Waals surface area contributed by atoms with Crippen LogP contribution >= 0.6 is 11.6 Å². The molecule has 0 aliphatic carbocycles. The maximum atomic E-state index is 11.9. The van der Waals surface area contributed by atoms with E-state index in [1.54, 1.807) is 24.3 Å². The predicted molar refractivity (Wildman–Crippen MR) is 84.5 cm³/mol. The first-order valence-corrected chi connectivity index (χ1v) is 7.10. The number of carbonyl (C=O) groups excluding carboxylic acids is 1. The molecular formula is C15H19ClN4O. The quantitative estimate of drug-likeness (QED) is 0.892. The van der Waals surface area contributed by atoms with Gasteiger partial charge in [-0.1, -0.05) is 17.7 Å². The highest BCUT2D eigenvalue weighted by molar-refractivity contribution is 6.30. The average molecular weight is 307 g/mol. The third kappa shape index (κ3) is 4.06. The Morgan fingerprint density at radius 3 is 2.76 bits per heavy atom. The average Bonchev–Trinajstić information content (AvgIpc) is 2.65. The van der Waals surface area contributed by atoms with E-state index in [2.05, 4.69) is 15.7 Å². The summed E-state index contributed by atoms with van der Waals surface area (Å²) in [7, 11) is 1.91. The van der Waals surface area contributed by atoms with Crippen LogP contribution in [0.2, 0.25) is 5.02 Å². The van der Waals surface area contributed by atoms with Gasteiger partial charge in [-0.2, -0.15) is 5.10 Å². The van der Waals surface area contributed by atoms with Crippen LogP contribution in [0.5, 0.6) is 0 Å². The van der Waals surface area contributed by atoms with E-state index in [4.69, 9.17) is 11.6 Å². The van der Waals surface area contributed by atoms with Crippen molar-refractivity contribution in [3.63, 3.8) is 0 Å². The third-order valence-electron chi connectivity index (χ3n) is 3.35. The second-order valence-corrected chi connectivity index (χ2v) is 5.37. The monoisotopic (exact) mass is 306 g/mol. The Morgan fingerprint density at radius 2 is 2.14 bits per heavy atom. The van der Waals surface area contributed by atoms with Crippen LogP contribution in [0, 0.1) is 13.8 Å². The second kappa shape index (κ2) is 6.74. The van der Waals surface area contributed by atoms with E-state index in [0.717, 1.165) is 17.0 Å². The maximum Gasteiger partial charge on any atom is 0.238 e. The molecule has 0 spiro atoms. The topological polar surface area (TPSA) is 59.0 Å². The zero-order valence-corrected chi connectivity index (χ0v) is 13.2. The zero-order chi connectivity index (χ0) is 15.4. The molecule has 0 aliphatic rings. The fourth-order valence-corrected chi connectivity index (χ4v) is 2.34. The Morgan fingerprint density at radius 1 is 1.38 bits per heavy atom. The number of nitrogens with zero attached hydrogens (tertiary/aromatic N) is 2. The summed E-state index contributed by atoms with van der Waals surface area (Å²) >= 11 is 5.87. The first kappa shape index (κ1) is 15.5. The molecule has 112 valence electrons. The molecule has 1 amide bonds. The van der Waals surface area contributed by atoms with Crippen LogP contribution in [-0.4, -0.2) is 22.2 Å². The number of amides is 1. The number of nitrogens with one attached hydrogen (secondary N) is 2. The van der Waals surface area contributed by atoms with Crippen molar-refractivity contribution in [2.24, 2.45) is 7.05 Å². The Balaban J connectivity index is 1.84. The van der Waals surface area contributed by atoms with Gasteiger partial charge in [0.1, 0.15) is 0 Å². The van der Waals surface area contributed by atoms with Crippen molar-refractivity contribution in [3.05, 3.63) is 46.2 Å². The Bertz CT molecular complexity index is 651. The number of rotatable bonds is 5. The first-order chi connectivity index (χ1) is 9.97. The molecule has 1 heterocycles. The van der Waals surface area contributed by atoms with E-state index in [1.807, 2.05) is 25.6 Å². The summed E-state index contributed by atoms with van der Waals surface area (Å²) in [4.78, 5) is 11.9. The largest absolute Gasteiger partial charge is 0.325 e. The minimum atomic E-state index is -0.100. The number of halogens is 1. The van der Waals surface area contributed by atoms with Crippen molar-refractivity contribution in [2.45, 2.75) is 20.4 Å². The summed E-state index contributed by atoms with van der Waals surface area (Å²) < 4.78 is 1.85. The maximum absolute atomic E-state index is 11.9. The molecule has 0 unspecified atom stereocenters. The number of hydrogen-bond acceptors (Lipinski definition) is 3. The molecule has 0 aliphatic heterocycles. The second-order valence-electron chi connectivity index (χ2n) is 4.94. The number of hydrogen-bond donors (Lipinski definition) is 2. The highest BCUT2D eigenvalue weighted by atomic mass is 35.5. The highest BCUT2D eigenvalue weighted by Crippen LogP contribution is 2.14. The lowest BCUT2D eigenvalue weighted by Gasteiger charge is -2.07. The predicted octanol–water partition coefficient (Wildman–Crippen LogP) is 2.42. The van der Waals surface area contributed by atoms with Crippen LogP contribution in [0.15, 0.2) is 24.3 Å². The van der Waals surface area contributed by atoms with Gasteiger partial charge in [0.25, 0.3) is 0 Å². The lowest BCUT2D eigenvalue weighted by Crippen LogP contribution is -2.28. The van der Waals surface area contributed by atoms with Crippen LogP contribution in [-0.2, 0) is 18.4 Å². The number of carbonyl (C=O) groups is 1. The SMILES string of the molecule is Cc1nn(C)c(C)c1CNCC(=O)Nc1cccc(Cl)c1.